The molecule has 2 amide bonds. The number of halogens is 1. The Balaban J connectivity index is 1.93. The second-order valence-electron chi connectivity index (χ2n) is 4.63. The first-order chi connectivity index (χ1) is 11.0. The zero-order chi connectivity index (χ0) is 16.8. The van der Waals surface area contributed by atoms with E-state index in [-0.39, 0.29) is 18.2 Å². The van der Waals surface area contributed by atoms with Gasteiger partial charge in [-0.2, -0.15) is 0 Å². The Labute approximate surface area is 143 Å². The van der Waals surface area contributed by atoms with E-state index in [9.17, 15) is 9.59 Å². The molecule has 2 rings (SSSR count). The van der Waals surface area contributed by atoms with Crippen LogP contribution < -0.4 is 15.4 Å². The molecule has 2 N–H and O–H groups in total. The summed E-state index contributed by atoms with van der Waals surface area (Å²) in [4.78, 5) is 28.0. The van der Waals surface area contributed by atoms with E-state index in [0.717, 1.165) is 0 Å². The van der Waals surface area contributed by atoms with Crippen molar-refractivity contribution in [1.29, 1.82) is 0 Å². The molecule has 122 valence electrons. The molecular weight excluding hydrogens is 338 g/mol. The van der Waals surface area contributed by atoms with E-state index in [0.29, 0.717) is 28.2 Å². The summed E-state index contributed by atoms with van der Waals surface area (Å²) in [6.45, 7) is 3.98. The SMILES string of the molecule is C=CCN=C1NC(=O)[C@@H](CC(=O)Nc2ccc(OC)c(Cl)c2)S1. The van der Waals surface area contributed by atoms with Gasteiger partial charge in [0.15, 0.2) is 5.17 Å². The first-order valence-corrected chi connectivity index (χ1v) is 8.05. The van der Waals surface area contributed by atoms with Crippen LogP contribution in [0.25, 0.3) is 0 Å². The van der Waals surface area contributed by atoms with Gasteiger partial charge >= 0.3 is 0 Å². The third kappa shape index (κ3) is 4.74. The molecule has 0 spiro atoms. The maximum Gasteiger partial charge on any atom is 0.240 e. The summed E-state index contributed by atoms with van der Waals surface area (Å²) in [6, 6.07) is 4.94. The van der Waals surface area contributed by atoms with Crippen molar-refractivity contribution >= 4 is 46.0 Å². The van der Waals surface area contributed by atoms with Crippen LogP contribution in [0.2, 0.25) is 5.02 Å². The minimum Gasteiger partial charge on any atom is -0.495 e. The average molecular weight is 354 g/mol. The van der Waals surface area contributed by atoms with Crippen molar-refractivity contribution < 1.29 is 14.3 Å². The first-order valence-electron chi connectivity index (χ1n) is 6.79. The number of benzene rings is 1. The Bertz CT molecular complexity index is 663. The van der Waals surface area contributed by atoms with Crippen LogP contribution in [0.15, 0.2) is 35.8 Å². The summed E-state index contributed by atoms with van der Waals surface area (Å²) in [7, 11) is 1.51. The van der Waals surface area contributed by atoms with E-state index in [2.05, 4.69) is 22.2 Å². The van der Waals surface area contributed by atoms with Crippen LogP contribution in [-0.2, 0) is 9.59 Å². The molecule has 1 aliphatic rings. The summed E-state index contributed by atoms with van der Waals surface area (Å²) < 4.78 is 5.05. The zero-order valence-electron chi connectivity index (χ0n) is 12.5. The van der Waals surface area contributed by atoms with Crippen molar-refractivity contribution in [2.75, 3.05) is 19.0 Å². The number of rotatable bonds is 6. The number of methoxy groups -OCH3 is 1. The van der Waals surface area contributed by atoms with Crippen LogP contribution in [0.5, 0.6) is 5.75 Å². The third-order valence-corrected chi connectivity index (χ3v) is 4.36. The highest BCUT2D eigenvalue weighted by Gasteiger charge is 2.31. The third-order valence-electron chi connectivity index (χ3n) is 2.95. The van der Waals surface area contributed by atoms with Crippen LogP contribution in [0.4, 0.5) is 5.69 Å². The van der Waals surface area contributed by atoms with Gasteiger partial charge in [0.05, 0.1) is 18.7 Å². The number of amides is 2. The number of amidine groups is 1. The lowest BCUT2D eigenvalue weighted by molar-refractivity contribution is -0.122. The zero-order valence-corrected chi connectivity index (χ0v) is 14.0. The standard InChI is InChI=1S/C15H16ClN3O3S/c1-3-6-17-15-19-14(21)12(23-15)8-13(20)18-9-4-5-11(22-2)10(16)7-9/h3-5,7,12H,1,6,8H2,2H3,(H,18,20)(H,17,19,21)/t12-/m1/s1. The van der Waals surface area contributed by atoms with Gasteiger partial charge in [0, 0.05) is 12.1 Å². The maximum atomic E-state index is 12.1. The van der Waals surface area contributed by atoms with Crippen LogP contribution in [0.1, 0.15) is 6.42 Å². The highest BCUT2D eigenvalue weighted by atomic mass is 35.5. The molecule has 1 aliphatic heterocycles. The number of nitrogens with zero attached hydrogens (tertiary/aromatic N) is 1. The van der Waals surface area contributed by atoms with E-state index < -0.39 is 5.25 Å². The lowest BCUT2D eigenvalue weighted by Gasteiger charge is -2.09. The van der Waals surface area contributed by atoms with Crippen LogP contribution in [-0.4, -0.2) is 35.9 Å². The average Bonchev–Trinajstić information content (AvgIpc) is 2.85. The van der Waals surface area contributed by atoms with Gasteiger partial charge in [0.25, 0.3) is 0 Å². The molecule has 0 aliphatic carbocycles. The van der Waals surface area contributed by atoms with Crippen LogP contribution in [0.3, 0.4) is 0 Å². The molecule has 0 bridgehead atoms. The molecule has 1 heterocycles. The molecule has 23 heavy (non-hydrogen) atoms. The number of aliphatic imine (C=N–C) groups is 1. The number of carbonyl (C=O) groups excluding carboxylic acids is 2. The van der Waals surface area contributed by atoms with E-state index in [4.69, 9.17) is 16.3 Å². The molecule has 0 radical (unpaired) electrons. The molecular formula is C15H16ClN3O3S. The molecule has 1 aromatic rings. The number of anilines is 1. The largest absolute Gasteiger partial charge is 0.495 e. The second kappa shape index (κ2) is 8.03. The van der Waals surface area contributed by atoms with Crippen molar-refractivity contribution in [2.45, 2.75) is 11.7 Å². The number of hydrogen-bond acceptors (Lipinski definition) is 5. The Kier molecular flexibility index (Phi) is 6.06. The van der Waals surface area contributed by atoms with Gasteiger partial charge in [0.1, 0.15) is 11.0 Å². The summed E-state index contributed by atoms with van der Waals surface area (Å²) >= 11 is 7.25. The fraction of sp³-hybridized carbons (Fsp3) is 0.267. The highest BCUT2D eigenvalue weighted by molar-refractivity contribution is 8.15. The van der Waals surface area contributed by atoms with Gasteiger partial charge in [0.2, 0.25) is 11.8 Å². The fourth-order valence-electron chi connectivity index (χ4n) is 1.89. The van der Waals surface area contributed by atoms with Crippen molar-refractivity contribution in [3.8, 4) is 5.75 Å². The monoisotopic (exact) mass is 353 g/mol. The van der Waals surface area contributed by atoms with Gasteiger partial charge in [-0.05, 0) is 18.2 Å². The van der Waals surface area contributed by atoms with E-state index in [1.807, 2.05) is 0 Å². The van der Waals surface area contributed by atoms with E-state index in [1.165, 1.54) is 18.9 Å². The number of ether oxygens (including phenoxy) is 1. The minimum absolute atomic E-state index is 0.0489. The molecule has 8 heteroatoms. The smallest absolute Gasteiger partial charge is 0.240 e. The molecule has 0 saturated carbocycles. The predicted octanol–water partition coefficient (Wildman–Crippen LogP) is 2.45. The lowest BCUT2D eigenvalue weighted by Crippen LogP contribution is -2.28. The van der Waals surface area contributed by atoms with E-state index >= 15 is 0 Å². The molecule has 1 atom stereocenters. The Morgan fingerprint density at radius 3 is 3.04 bits per heavy atom. The molecule has 1 aromatic carbocycles. The predicted molar refractivity (Wildman–Crippen MR) is 93.3 cm³/mol. The highest BCUT2D eigenvalue weighted by Crippen LogP contribution is 2.28. The Hall–Kier alpha value is -1.99. The van der Waals surface area contributed by atoms with Gasteiger partial charge < -0.3 is 15.4 Å². The molecule has 0 unspecified atom stereocenters. The summed E-state index contributed by atoms with van der Waals surface area (Å²) in [5, 5.41) is 5.77. The van der Waals surface area contributed by atoms with Crippen molar-refractivity contribution in [2.24, 2.45) is 4.99 Å². The quantitative estimate of drug-likeness (QED) is 0.770. The normalized spacial score (nSPS) is 18.6. The molecule has 1 fully saturated rings. The van der Waals surface area contributed by atoms with Crippen LogP contribution >= 0.6 is 23.4 Å². The number of hydrogen-bond donors (Lipinski definition) is 2. The molecule has 0 aromatic heterocycles. The molecule has 1 saturated heterocycles. The van der Waals surface area contributed by atoms with Crippen molar-refractivity contribution in [1.82, 2.24) is 5.32 Å². The first kappa shape index (κ1) is 17.4. The van der Waals surface area contributed by atoms with Gasteiger partial charge in [-0.1, -0.05) is 29.4 Å². The topological polar surface area (TPSA) is 79.8 Å². The summed E-state index contributed by atoms with van der Waals surface area (Å²) in [5.41, 5.74) is 0.546. The lowest BCUT2D eigenvalue weighted by atomic mass is 10.2. The summed E-state index contributed by atoms with van der Waals surface area (Å²) in [6.07, 6.45) is 1.68. The Morgan fingerprint density at radius 1 is 1.61 bits per heavy atom. The number of thioether (sulfide) groups is 1. The second-order valence-corrected chi connectivity index (χ2v) is 6.23. The van der Waals surface area contributed by atoms with Crippen LogP contribution in [0, 0.1) is 0 Å². The number of carbonyl (C=O) groups is 2. The fourth-order valence-corrected chi connectivity index (χ4v) is 3.12. The van der Waals surface area contributed by atoms with Crippen molar-refractivity contribution in [3.05, 3.63) is 35.9 Å². The van der Waals surface area contributed by atoms with Crippen molar-refractivity contribution in [3.63, 3.8) is 0 Å². The number of nitrogens with one attached hydrogen (secondary N) is 2. The Morgan fingerprint density at radius 2 is 2.39 bits per heavy atom. The van der Waals surface area contributed by atoms with E-state index in [1.54, 1.807) is 24.3 Å². The molecule has 6 nitrogen and oxygen atoms in total. The van der Waals surface area contributed by atoms with Gasteiger partial charge in [-0.25, -0.2) is 0 Å². The maximum absolute atomic E-state index is 12.1. The minimum atomic E-state index is -0.493. The van der Waals surface area contributed by atoms with Gasteiger partial charge in [-0.15, -0.1) is 6.58 Å². The van der Waals surface area contributed by atoms with Gasteiger partial charge in [-0.3, -0.25) is 14.6 Å². The summed E-state index contributed by atoms with van der Waals surface area (Å²) in [5.74, 6) is 0.0306.